The monoisotopic (exact) mass is 266 g/mol. The Morgan fingerprint density at radius 2 is 2.00 bits per heavy atom. The molecule has 3 nitrogen and oxygen atoms in total. The summed E-state index contributed by atoms with van der Waals surface area (Å²) in [7, 11) is 2.39. The third-order valence-electron chi connectivity index (χ3n) is 5.01. The third-order valence-corrected chi connectivity index (χ3v) is 5.01. The molecular weight excluding hydrogens is 238 g/mol. The first-order chi connectivity index (χ1) is 9.25. The van der Waals surface area contributed by atoms with Crippen molar-refractivity contribution >= 4 is 0 Å². The Morgan fingerprint density at radius 1 is 1.16 bits per heavy atom. The first-order valence-corrected chi connectivity index (χ1v) is 8.01. The van der Waals surface area contributed by atoms with Gasteiger partial charge in [-0.15, -0.1) is 0 Å². The van der Waals surface area contributed by atoms with E-state index in [-0.39, 0.29) is 6.29 Å². The molecule has 0 amide bonds. The predicted octanol–water partition coefficient (Wildman–Crippen LogP) is 2.71. The number of nitrogens with zero attached hydrogens (tertiary/aromatic N) is 1. The fourth-order valence-electron chi connectivity index (χ4n) is 3.83. The van der Waals surface area contributed by atoms with E-state index in [2.05, 4.69) is 19.2 Å². The Kier molecular flexibility index (Phi) is 4.25. The van der Waals surface area contributed by atoms with Crippen molar-refractivity contribution in [3.8, 4) is 0 Å². The Hall–Kier alpha value is -0.380. The van der Waals surface area contributed by atoms with E-state index < -0.39 is 0 Å². The Labute approximate surface area is 117 Å². The molecule has 108 valence electrons. The predicted molar refractivity (Wildman–Crippen MR) is 75.7 cm³/mol. The van der Waals surface area contributed by atoms with Crippen molar-refractivity contribution in [1.82, 2.24) is 0 Å². The fraction of sp³-hybridized carbons (Fsp3) is 0.875. The molecule has 2 heterocycles. The van der Waals surface area contributed by atoms with Gasteiger partial charge in [0.1, 0.15) is 12.6 Å². The molecule has 19 heavy (non-hydrogen) atoms. The number of rotatable bonds is 3. The highest BCUT2D eigenvalue weighted by Gasteiger charge is 2.37. The SMILES string of the molecule is C[N+]1(C[C@@H]2CO[C@@H]([C@@H]3CC=CCC3)O2)CCCCC1. The van der Waals surface area contributed by atoms with Crippen molar-refractivity contribution in [2.45, 2.75) is 50.9 Å². The zero-order chi connectivity index (χ0) is 13.1. The summed E-state index contributed by atoms with van der Waals surface area (Å²) in [4.78, 5) is 0. The highest BCUT2D eigenvalue weighted by Crippen LogP contribution is 2.30. The normalized spacial score (nSPS) is 38.5. The molecule has 3 atom stereocenters. The molecule has 2 saturated heterocycles. The van der Waals surface area contributed by atoms with E-state index in [0.717, 1.165) is 19.6 Å². The molecule has 0 unspecified atom stereocenters. The second-order valence-corrected chi connectivity index (χ2v) is 6.81. The van der Waals surface area contributed by atoms with Crippen LogP contribution in [0.1, 0.15) is 38.5 Å². The van der Waals surface area contributed by atoms with Crippen molar-refractivity contribution in [1.29, 1.82) is 0 Å². The van der Waals surface area contributed by atoms with E-state index in [1.807, 2.05) is 0 Å². The van der Waals surface area contributed by atoms with Gasteiger partial charge in [0.15, 0.2) is 6.29 Å². The van der Waals surface area contributed by atoms with Crippen LogP contribution >= 0.6 is 0 Å². The fourth-order valence-corrected chi connectivity index (χ4v) is 3.83. The molecule has 0 aromatic rings. The van der Waals surface area contributed by atoms with Crippen molar-refractivity contribution in [2.24, 2.45) is 5.92 Å². The molecule has 0 aromatic heterocycles. The second kappa shape index (κ2) is 5.94. The van der Waals surface area contributed by atoms with E-state index in [1.165, 1.54) is 49.7 Å². The van der Waals surface area contributed by atoms with E-state index in [1.54, 1.807) is 0 Å². The molecule has 3 aliphatic rings. The van der Waals surface area contributed by atoms with E-state index in [4.69, 9.17) is 9.47 Å². The van der Waals surface area contributed by atoms with Crippen LogP contribution in [0.15, 0.2) is 12.2 Å². The van der Waals surface area contributed by atoms with Crippen LogP contribution in [0.4, 0.5) is 0 Å². The molecule has 0 spiro atoms. The minimum absolute atomic E-state index is 0.0614. The van der Waals surface area contributed by atoms with Crippen LogP contribution in [-0.2, 0) is 9.47 Å². The molecule has 3 rings (SSSR count). The molecule has 2 aliphatic heterocycles. The first-order valence-electron chi connectivity index (χ1n) is 8.01. The molecule has 0 radical (unpaired) electrons. The maximum Gasteiger partial charge on any atom is 0.161 e. The van der Waals surface area contributed by atoms with Gasteiger partial charge in [-0.05, 0) is 38.5 Å². The van der Waals surface area contributed by atoms with E-state index in [9.17, 15) is 0 Å². The summed E-state index contributed by atoms with van der Waals surface area (Å²) in [5, 5.41) is 0. The maximum atomic E-state index is 6.20. The lowest BCUT2D eigenvalue weighted by Crippen LogP contribution is -2.52. The van der Waals surface area contributed by atoms with Gasteiger partial charge >= 0.3 is 0 Å². The number of hydrogen-bond donors (Lipinski definition) is 0. The van der Waals surface area contributed by atoms with Gasteiger partial charge in [-0.2, -0.15) is 0 Å². The molecule has 1 aliphatic carbocycles. The number of likely N-dealkylation sites (N-methyl/N-ethyl adjacent to an activating group) is 1. The summed E-state index contributed by atoms with van der Waals surface area (Å²) in [6, 6.07) is 0. The quantitative estimate of drug-likeness (QED) is 0.577. The zero-order valence-electron chi connectivity index (χ0n) is 12.2. The first kappa shape index (κ1) is 13.6. The highest BCUT2D eigenvalue weighted by atomic mass is 16.7. The van der Waals surface area contributed by atoms with Gasteiger partial charge in [0.2, 0.25) is 0 Å². The standard InChI is InChI=1S/C16H28NO2/c1-17(10-6-3-7-11-17)12-15-13-18-16(19-15)14-8-4-2-5-9-14/h2,4,14-16H,3,5-13H2,1H3/q+1/t14-,15-,16-/m1/s1. The van der Waals surface area contributed by atoms with Crippen LogP contribution < -0.4 is 0 Å². The molecule has 0 bridgehead atoms. The van der Waals surface area contributed by atoms with Gasteiger partial charge in [0.05, 0.1) is 26.7 Å². The van der Waals surface area contributed by atoms with Crippen molar-refractivity contribution < 1.29 is 14.0 Å². The van der Waals surface area contributed by atoms with Crippen molar-refractivity contribution in [3.63, 3.8) is 0 Å². The molecule has 3 heteroatoms. The molecule has 2 fully saturated rings. The van der Waals surface area contributed by atoms with Gasteiger partial charge in [0, 0.05) is 5.92 Å². The number of hydrogen-bond acceptors (Lipinski definition) is 2. The number of likely N-dealkylation sites (tertiary alicyclic amines) is 1. The molecule has 0 N–H and O–H groups in total. The summed E-state index contributed by atoms with van der Waals surface area (Å²) < 4.78 is 13.3. The lowest BCUT2D eigenvalue weighted by molar-refractivity contribution is -0.916. The smallest absolute Gasteiger partial charge is 0.161 e. The Morgan fingerprint density at radius 3 is 2.74 bits per heavy atom. The van der Waals surface area contributed by atoms with Crippen LogP contribution in [-0.4, -0.2) is 50.2 Å². The maximum absolute atomic E-state index is 6.20. The Balaban J connectivity index is 1.49. The van der Waals surface area contributed by atoms with Gasteiger partial charge in [-0.1, -0.05) is 12.2 Å². The van der Waals surface area contributed by atoms with Crippen LogP contribution in [0, 0.1) is 5.92 Å². The molecular formula is C16H28NO2+. The van der Waals surface area contributed by atoms with Crippen LogP contribution in [0.2, 0.25) is 0 Å². The Bertz CT molecular complexity index is 323. The van der Waals surface area contributed by atoms with E-state index >= 15 is 0 Å². The third kappa shape index (κ3) is 3.39. The molecule has 0 saturated carbocycles. The minimum atomic E-state index is 0.0614. The van der Waals surface area contributed by atoms with Crippen molar-refractivity contribution in [2.75, 3.05) is 33.3 Å². The molecule has 0 aromatic carbocycles. The minimum Gasteiger partial charge on any atom is -0.349 e. The zero-order valence-corrected chi connectivity index (χ0v) is 12.2. The van der Waals surface area contributed by atoms with E-state index in [0.29, 0.717) is 12.0 Å². The number of piperidine rings is 1. The second-order valence-electron chi connectivity index (χ2n) is 6.81. The topological polar surface area (TPSA) is 18.5 Å². The summed E-state index contributed by atoms with van der Waals surface area (Å²) in [6.07, 6.45) is 12.6. The lowest BCUT2D eigenvalue weighted by Gasteiger charge is -2.39. The summed E-state index contributed by atoms with van der Waals surface area (Å²) in [5.74, 6) is 0.585. The largest absolute Gasteiger partial charge is 0.349 e. The highest BCUT2D eigenvalue weighted by molar-refractivity contribution is 4.91. The average molecular weight is 266 g/mol. The van der Waals surface area contributed by atoms with Gasteiger partial charge in [0.25, 0.3) is 0 Å². The lowest BCUT2D eigenvalue weighted by atomic mass is 9.94. The number of allylic oxidation sites excluding steroid dienone is 2. The van der Waals surface area contributed by atoms with Crippen LogP contribution in [0.3, 0.4) is 0 Å². The number of ether oxygens (including phenoxy) is 2. The summed E-state index contributed by atoms with van der Waals surface area (Å²) in [6.45, 7) is 4.57. The van der Waals surface area contributed by atoms with Crippen LogP contribution in [0.25, 0.3) is 0 Å². The number of quaternary nitrogens is 1. The average Bonchev–Trinajstić information content (AvgIpc) is 2.88. The van der Waals surface area contributed by atoms with Gasteiger partial charge in [-0.25, -0.2) is 0 Å². The van der Waals surface area contributed by atoms with Crippen molar-refractivity contribution in [3.05, 3.63) is 12.2 Å². The van der Waals surface area contributed by atoms with Crippen LogP contribution in [0.5, 0.6) is 0 Å². The van der Waals surface area contributed by atoms with Gasteiger partial charge < -0.3 is 14.0 Å². The summed E-state index contributed by atoms with van der Waals surface area (Å²) >= 11 is 0. The summed E-state index contributed by atoms with van der Waals surface area (Å²) in [5.41, 5.74) is 0. The van der Waals surface area contributed by atoms with Gasteiger partial charge in [-0.3, -0.25) is 0 Å².